The molecule has 2 aromatic rings. The van der Waals surface area contributed by atoms with E-state index in [1.54, 1.807) is 13.1 Å². The van der Waals surface area contributed by atoms with Gasteiger partial charge in [0.1, 0.15) is 11.6 Å². The molecule has 0 saturated carbocycles. The normalized spacial score (nSPS) is 10.5. The van der Waals surface area contributed by atoms with Gasteiger partial charge in [0.15, 0.2) is 0 Å². The first-order valence-corrected chi connectivity index (χ1v) is 6.14. The molecule has 0 radical (unpaired) electrons. The highest BCUT2D eigenvalue weighted by molar-refractivity contribution is 5.64. The van der Waals surface area contributed by atoms with E-state index >= 15 is 0 Å². The topological polar surface area (TPSA) is 37.8 Å². The number of halogens is 2. The number of hydrogen-bond acceptors (Lipinski definition) is 3. The van der Waals surface area contributed by atoms with Crippen LogP contribution in [0.2, 0.25) is 0 Å². The van der Waals surface area contributed by atoms with Crippen molar-refractivity contribution in [3.63, 3.8) is 0 Å². The quantitative estimate of drug-likeness (QED) is 0.916. The van der Waals surface area contributed by atoms with Gasteiger partial charge in [0, 0.05) is 24.4 Å². The van der Waals surface area contributed by atoms with Crippen LogP contribution in [-0.2, 0) is 0 Å². The fourth-order valence-electron chi connectivity index (χ4n) is 1.72. The molecule has 100 valence electrons. The van der Waals surface area contributed by atoms with Crippen molar-refractivity contribution in [3.05, 3.63) is 41.6 Å². The summed E-state index contributed by atoms with van der Waals surface area (Å²) in [6.07, 6.45) is 2.57. The summed E-state index contributed by atoms with van der Waals surface area (Å²) in [6.45, 7) is 4.57. The number of benzene rings is 1. The minimum absolute atomic E-state index is 0.279. The monoisotopic (exact) mass is 263 g/mol. The lowest BCUT2D eigenvalue weighted by Crippen LogP contribution is -2.06. The molecule has 0 fully saturated rings. The molecule has 3 nitrogen and oxygen atoms in total. The summed E-state index contributed by atoms with van der Waals surface area (Å²) in [7, 11) is 0. The summed E-state index contributed by atoms with van der Waals surface area (Å²) in [5.74, 6) is -0.772. The molecule has 0 spiro atoms. The Kier molecular flexibility index (Phi) is 4.04. The van der Waals surface area contributed by atoms with Gasteiger partial charge in [0.2, 0.25) is 5.95 Å². The number of aryl methyl sites for hydroxylation is 1. The van der Waals surface area contributed by atoms with Crippen LogP contribution < -0.4 is 5.32 Å². The van der Waals surface area contributed by atoms with Crippen molar-refractivity contribution in [1.82, 2.24) is 9.97 Å². The Bertz CT molecular complexity index is 585. The van der Waals surface area contributed by atoms with Crippen LogP contribution in [0.15, 0.2) is 24.4 Å². The molecule has 0 unspecified atom stereocenters. The summed E-state index contributed by atoms with van der Waals surface area (Å²) in [5.41, 5.74) is 1.50. The highest BCUT2D eigenvalue weighted by Gasteiger charge is 2.11. The summed E-state index contributed by atoms with van der Waals surface area (Å²) in [4.78, 5) is 8.42. The second-order valence-electron chi connectivity index (χ2n) is 4.28. The molecular formula is C14H15F2N3. The minimum Gasteiger partial charge on any atom is -0.354 e. The van der Waals surface area contributed by atoms with E-state index in [-0.39, 0.29) is 5.56 Å². The van der Waals surface area contributed by atoms with E-state index in [4.69, 9.17) is 0 Å². The van der Waals surface area contributed by atoms with Crippen LogP contribution in [0.5, 0.6) is 0 Å². The Balaban J connectivity index is 2.42. The molecule has 1 aromatic heterocycles. The number of nitrogens with zero attached hydrogens (tertiary/aromatic N) is 2. The predicted octanol–water partition coefficient (Wildman–Crippen LogP) is 3.55. The highest BCUT2D eigenvalue weighted by Crippen LogP contribution is 2.25. The number of aromatic nitrogens is 2. The molecular weight excluding hydrogens is 248 g/mol. The largest absolute Gasteiger partial charge is 0.354 e. The third kappa shape index (κ3) is 3.05. The molecule has 1 N–H and O–H groups in total. The fourth-order valence-corrected chi connectivity index (χ4v) is 1.72. The molecule has 0 bridgehead atoms. The maximum atomic E-state index is 13.8. The van der Waals surface area contributed by atoms with Crippen LogP contribution in [0.4, 0.5) is 14.7 Å². The standard InChI is InChI=1S/C14H15F2N3/c1-3-6-17-14-18-8-9(2)13(19-14)11-5-4-10(15)7-12(11)16/h4-5,7-8H,3,6H2,1-2H3,(H,17,18,19). The molecule has 2 rings (SSSR count). The Morgan fingerprint density at radius 2 is 2.05 bits per heavy atom. The van der Waals surface area contributed by atoms with Gasteiger partial charge in [-0.1, -0.05) is 6.92 Å². The van der Waals surface area contributed by atoms with Crippen LogP contribution in [0.25, 0.3) is 11.3 Å². The molecule has 0 aliphatic carbocycles. The van der Waals surface area contributed by atoms with Crippen LogP contribution in [0.1, 0.15) is 18.9 Å². The Labute approximate surface area is 110 Å². The lowest BCUT2D eigenvalue weighted by molar-refractivity contribution is 0.585. The van der Waals surface area contributed by atoms with Crippen LogP contribution >= 0.6 is 0 Å². The number of nitrogens with one attached hydrogen (secondary N) is 1. The van der Waals surface area contributed by atoms with Gasteiger partial charge in [-0.05, 0) is 31.0 Å². The molecule has 5 heteroatoms. The minimum atomic E-state index is -0.622. The molecule has 19 heavy (non-hydrogen) atoms. The summed E-state index contributed by atoms with van der Waals surface area (Å²) in [5, 5.41) is 3.04. The van der Waals surface area contributed by atoms with Crippen molar-refractivity contribution >= 4 is 5.95 Å². The van der Waals surface area contributed by atoms with E-state index in [9.17, 15) is 8.78 Å². The highest BCUT2D eigenvalue weighted by atomic mass is 19.1. The maximum absolute atomic E-state index is 13.8. The summed E-state index contributed by atoms with van der Waals surface area (Å²) < 4.78 is 26.7. The molecule has 0 amide bonds. The number of hydrogen-bond donors (Lipinski definition) is 1. The van der Waals surface area contributed by atoms with Crippen molar-refractivity contribution in [2.45, 2.75) is 20.3 Å². The molecule has 0 aliphatic heterocycles. The first-order chi connectivity index (χ1) is 9.11. The van der Waals surface area contributed by atoms with Gasteiger partial charge in [-0.3, -0.25) is 0 Å². The molecule has 0 aliphatic rings. The Morgan fingerprint density at radius 1 is 1.26 bits per heavy atom. The first-order valence-electron chi connectivity index (χ1n) is 6.14. The van der Waals surface area contributed by atoms with Crippen molar-refractivity contribution in [2.24, 2.45) is 0 Å². The van der Waals surface area contributed by atoms with E-state index in [1.165, 1.54) is 12.1 Å². The third-order valence-corrected chi connectivity index (χ3v) is 2.69. The van der Waals surface area contributed by atoms with Gasteiger partial charge in [-0.2, -0.15) is 0 Å². The lowest BCUT2D eigenvalue weighted by atomic mass is 10.1. The lowest BCUT2D eigenvalue weighted by Gasteiger charge is -2.09. The first kappa shape index (κ1) is 13.4. The molecule has 1 heterocycles. The summed E-state index contributed by atoms with van der Waals surface area (Å²) in [6, 6.07) is 3.47. The fraction of sp³-hybridized carbons (Fsp3) is 0.286. The zero-order valence-electron chi connectivity index (χ0n) is 10.9. The van der Waals surface area contributed by atoms with Crippen molar-refractivity contribution in [2.75, 3.05) is 11.9 Å². The molecule has 0 saturated heterocycles. The zero-order valence-corrected chi connectivity index (χ0v) is 10.9. The smallest absolute Gasteiger partial charge is 0.223 e. The maximum Gasteiger partial charge on any atom is 0.223 e. The number of anilines is 1. The predicted molar refractivity (Wildman–Crippen MR) is 70.9 cm³/mol. The Morgan fingerprint density at radius 3 is 2.74 bits per heavy atom. The summed E-state index contributed by atoms with van der Waals surface area (Å²) >= 11 is 0. The second-order valence-corrected chi connectivity index (χ2v) is 4.28. The van der Waals surface area contributed by atoms with Gasteiger partial charge in [0.05, 0.1) is 5.69 Å². The average molecular weight is 263 g/mol. The van der Waals surface area contributed by atoms with E-state index < -0.39 is 11.6 Å². The Hall–Kier alpha value is -2.04. The van der Waals surface area contributed by atoms with Gasteiger partial charge >= 0.3 is 0 Å². The average Bonchev–Trinajstić information content (AvgIpc) is 2.38. The van der Waals surface area contributed by atoms with E-state index in [0.717, 1.165) is 24.6 Å². The SMILES string of the molecule is CCCNc1ncc(C)c(-c2ccc(F)cc2F)n1. The van der Waals surface area contributed by atoms with Gasteiger partial charge in [0.25, 0.3) is 0 Å². The van der Waals surface area contributed by atoms with Crippen LogP contribution in [0, 0.1) is 18.6 Å². The van der Waals surface area contributed by atoms with Gasteiger partial charge in [-0.25, -0.2) is 18.7 Å². The number of rotatable bonds is 4. The van der Waals surface area contributed by atoms with E-state index in [1.807, 2.05) is 6.92 Å². The van der Waals surface area contributed by atoms with Gasteiger partial charge < -0.3 is 5.32 Å². The van der Waals surface area contributed by atoms with E-state index in [0.29, 0.717) is 11.6 Å². The third-order valence-electron chi connectivity index (χ3n) is 2.69. The molecule has 0 atom stereocenters. The zero-order chi connectivity index (χ0) is 13.8. The van der Waals surface area contributed by atoms with Crippen molar-refractivity contribution < 1.29 is 8.78 Å². The molecule has 1 aromatic carbocycles. The van der Waals surface area contributed by atoms with Gasteiger partial charge in [-0.15, -0.1) is 0 Å². The van der Waals surface area contributed by atoms with Crippen LogP contribution in [-0.4, -0.2) is 16.5 Å². The van der Waals surface area contributed by atoms with Crippen molar-refractivity contribution in [3.8, 4) is 11.3 Å². The van der Waals surface area contributed by atoms with E-state index in [2.05, 4.69) is 15.3 Å². The second kappa shape index (κ2) is 5.73. The van der Waals surface area contributed by atoms with Crippen LogP contribution in [0.3, 0.4) is 0 Å². The van der Waals surface area contributed by atoms with Crippen molar-refractivity contribution in [1.29, 1.82) is 0 Å².